The molecule has 0 fully saturated rings. The van der Waals surface area contributed by atoms with Gasteiger partial charge in [0.15, 0.2) is 0 Å². The molecule has 0 aromatic heterocycles. The van der Waals surface area contributed by atoms with Crippen molar-refractivity contribution in [3.05, 3.63) is 42.5 Å². The molecule has 0 heterocycles. The molecule has 0 aliphatic carbocycles. The van der Waals surface area contributed by atoms with Gasteiger partial charge in [-0.15, -0.1) is 0 Å². The van der Waals surface area contributed by atoms with E-state index in [0.717, 1.165) is 23.6 Å². The van der Waals surface area contributed by atoms with Crippen LogP contribution >= 0.6 is 0 Å². The van der Waals surface area contributed by atoms with Crippen molar-refractivity contribution in [3.8, 4) is 0 Å². The van der Waals surface area contributed by atoms with Crippen molar-refractivity contribution < 1.29 is 9.59 Å². The molecule has 2 aromatic carbocycles. The number of rotatable bonds is 5. The zero-order valence-corrected chi connectivity index (χ0v) is 13.1. The highest BCUT2D eigenvalue weighted by Crippen LogP contribution is 2.22. The van der Waals surface area contributed by atoms with E-state index in [2.05, 4.69) is 5.32 Å². The minimum atomic E-state index is -0.571. The second-order valence-electron chi connectivity index (χ2n) is 5.27. The van der Waals surface area contributed by atoms with Crippen molar-refractivity contribution in [3.63, 3.8) is 0 Å². The molecule has 2 amide bonds. The normalized spacial score (nSPS) is 10.5. The first kappa shape index (κ1) is 16.0. The molecule has 2 aromatic rings. The fraction of sp³-hybridized carbons (Fsp3) is 0.333. The van der Waals surface area contributed by atoms with Crippen molar-refractivity contribution >= 4 is 28.3 Å². The Morgan fingerprint density at radius 2 is 1.59 bits per heavy atom. The van der Waals surface area contributed by atoms with Gasteiger partial charge in [0.2, 0.25) is 0 Å². The second kappa shape index (κ2) is 7.59. The molecule has 22 heavy (non-hydrogen) atoms. The first-order chi connectivity index (χ1) is 10.7. The minimum Gasteiger partial charge on any atom is -0.334 e. The number of nitrogens with one attached hydrogen (secondary N) is 1. The van der Waals surface area contributed by atoms with Gasteiger partial charge >= 0.3 is 11.8 Å². The summed E-state index contributed by atoms with van der Waals surface area (Å²) in [6.45, 7) is 5.21. The average Bonchev–Trinajstić information content (AvgIpc) is 2.54. The maximum absolute atomic E-state index is 12.3. The fourth-order valence-corrected chi connectivity index (χ4v) is 2.51. The topological polar surface area (TPSA) is 49.4 Å². The molecule has 2 rings (SSSR count). The number of fused-ring (bicyclic) bond motifs is 1. The molecule has 1 N–H and O–H groups in total. The van der Waals surface area contributed by atoms with Crippen LogP contribution in [-0.2, 0) is 9.59 Å². The Bertz CT molecular complexity index is 656. The van der Waals surface area contributed by atoms with Gasteiger partial charge in [0.25, 0.3) is 0 Å². The molecule has 0 bridgehead atoms. The predicted molar refractivity (Wildman–Crippen MR) is 89.7 cm³/mol. The van der Waals surface area contributed by atoms with Crippen LogP contribution in [0, 0.1) is 0 Å². The molecule has 0 radical (unpaired) electrons. The van der Waals surface area contributed by atoms with E-state index in [1.807, 2.05) is 56.3 Å². The van der Waals surface area contributed by atoms with Crippen LogP contribution in [0.25, 0.3) is 10.8 Å². The summed E-state index contributed by atoms with van der Waals surface area (Å²) in [4.78, 5) is 26.1. The fourth-order valence-electron chi connectivity index (χ4n) is 2.51. The van der Waals surface area contributed by atoms with Gasteiger partial charge in [0.05, 0.1) is 0 Å². The molecule has 0 aliphatic heterocycles. The Morgan fingerprint density at radius 1 is 0.955 bits per heavy atom. The number of nitrogens with zero attached hydrogens (tertiary/aromatic N) is 1. The van der Waals surface area contributed by atoms with Crippen molar-refractivity contribution in [2.45, 2.75) is 26.7 Å². The summed E-state index contributed by atoms with van der Waals surface area (Å²) in [6.07, 6.45) is 1.68. The zero-order valence-electron chi connectivity index (χ0n) is 13.1. The van der Waals surface area contributed by atoms with Gasteiger partial charge in [-0.3, -0.25) is 9.59 Å². The molecular formula is C18H22N2O2. The van der Waals surface area contributed by atoms with E-state index in [0.29, 0.717) is 18.8 Å². The molecule has 0 atom stereocenters. The van der Waals surface area contributed by atoms with Crippen molar-refractivity contribution in [2.24, 2.45) is 0 Å². The monoisotopic (exact) mass is 298 g/mol. The largest absolute Gasteiger partial charge is 0.334 e. The SMILES string of the molecule is CCCN(CCC)C(=O)C(=O)Nc1cccc2ccccc12. The summed E-state index contributed by atoms with van der Waals surface area (Å²) < 4.78 is 0. The van der Waals surface area contributed by atoms with Crippen LogP contribution < -0.4 is 5.32 Å². The van der Waals surface area contributed by atoms with Crippen molar-refractivity contribution in [2.75, 3.05) is 18.4 Å². The molecule has 4 nitrogen and oxygen atoms in total. The van der Waals surface area contributed by atoms with Crippen LogP contribution in [0.5, 0.6) is 0 Å². The Hall–Kier alpha value is -2.36. The lowest BCUT2D eigenvalue weighted by atomic mass is 10.1. The van der Waals surface area contributed by atoms with Crippen LogP contribution in [0.3, 0.4) is 0 Å². The Morgan fingerprint density at radius 3 is 2.27 bits per heavy atom. The van der Waals surface area contributed by atoms with Crippen molar-refractivity contribution in [1.29, 1.82) is 0 Å². The molecule has 0 saturated heterocycles. The summed E-state index contributed by atoms with van der Waals surface area (Å²) in [7, 11) is 0. The van der Waals surface area contributed by atoms with E-state index in [-0.39, 0.29) is 0 Å². The van der Waals surface area contributed by atoms with E-state index in [4.69, 9.17) is 0 Å². The number of amides is 2. The Balaban J connectivity index is 2.18. The number of hydrogen-bond acceptors (Lipinski definition) is 2. The first-order valence-corrected chi connectivity index (χ1v) is 7.75. The van der Waals surface area contributed by atoms with E-state index < -0.39 is 11.8 Å². The predicted octanol–water partition coefficient (Wildman–Crippen LogP) is 3.43. The number of carbonyl (C=O) groups excluding carboxylic acids is 2. The van der Waals surface area contributed by atoms with Gasteiger partial charge in [0.1, 0.15) is 0 Å². The highest BCUT2D eigenvalue weighted by Gasteiger charge is 2.21. The number of carbonyl (C=O) groups is 2. The first-order valence-electron chi connectivity index (χ1n) is 7.75. The number of benzene rings is 2. The highest BCUT2D eigenvalue weighted by atomic mass is 16.2. The highest BCUT2D eigenvalue weighted by molar-refractivity contribution is 6.40. The molecule has 0 saturated carbocycles. The molecular weight excluding hydrogens is 276 g/mol. The maximum atomic E-state index is 12.3. The summed E-state index contributed by atoms with van der Waals surface area (Å²) in [5.41, 5.74) is 0.671. The van der Waals surface area contributed by atoms with Gasteiger partial charge in [-0.1, -0.05) is 50.2 Å². The summed E-state index contributed by atoms with van der Waals surface area (Å²) in [5, 5.41) is 4.72. The average molecular weight is 298 g/mol. The van der Waals surface area contributed by atoms with E-state index in [1.165, 1.54) is 0 Å². The minimum absolute atomic E-state index is 0.461. The van der Waals surface area contributed by atoms with Gasteiger partial charge in [-0.05, 0) is 24.3 Å². The summed E-state index contributed by atoms with van der Waals surface area (Å²) in [5.74, 6) is -1.03. The van der Waals surface area contributed by atoms with Crippen LogP contribution in [0.15, 0.2) is 42.5 Å². The van der Waals surface area contributed by atoms with E-state index in [1.54, 1.807) is 4.90 Å². The standard InChI is InChI=1S/C18H22N2O2/c1-3-12-20(13-4-2)18(22)17(21)19-16-11-7-9-14-8-5-6-10-15(14)16/h5-11H,3-4,12-13H2,1-2H3,(H,19,21). The number of hydrogen-bond donors (Lipinski definition) is 1. The number of anilines is 1. The molecule has 4 heteroatoms. The molecule has 0 unspecified atom stereocenters. The lowest BCUT2D eigenvalue weighted by Crippen LogP contribution is -2.40. The second-order valence-corrected chi connectivity index (χ2v) is 5.27. The quantitative estimate of drug-likeness (QED) is 0.860. The summed E-state index contributed by atoms with van der Waals surface area (Å²) in [6, 6.07) is 13.4. The third kappa shape index (κ3) is 3.64. The van der Waals surface area contributed by atoms with Crippen LogP contribution in [-0.4, -0.2) is 29.8 Å². The molecule has 0 spiro atoms. The Kier molecular flexibility index (Phi) is 5.53. The third-order valence-corrected chi connectivity index (χ3v) is 3.51. The van der Waals surface area contributed by atoms with Gasteiger partial charge in [0, 0.05) is 24.2 Å². The Labute approximate surface area is 131 Å². The van der Waals surface area contributed by atoms with Gasteiger partial charge in [-0.2, -0.15) is 0 Å². The lowest BCUT2D eigenvalue weighted by molar-refractivity contribution is -0.143. The van der Waals surface area contributed by atoms with E-state index in [9.17, 15) is 9.59 Å². The third-order valence-electron chi connectivity index (χ3n) is 3.51. The lowest BCUT2D eigenvalue weighted by Gasteiger charge is -2.20. The van der Waals surface area contributed by atoms with E-state index >= 15 is 0 Å². The smallest absolute Gasteiger partial charge is 0.313 e. The van der Waals surface area contributed by atoms with Crippen molar-refractivity contribution in [1.82, 2.24) is 4.90 Å². The summed E-state index contributed by atoms with van der Waals surface area (Å²) >= 11 is 0. The van der Waals surface area contributed by atoms with Crippen LogP contribution in [0.2, 0.25) is 0 Å². The maximum Gasteiger partial charge on any atom is 0.313 e. The molecule has 0 aliphatic rings. The van der Waals surface area contributed by atoms with Gasteiger partial charge < -0.3 is 10.2 Å². The van der Waals surface area contributed by atoms with Crippen LogP contribution in [0.4, 0.5) is 5.69 Å². The zero-order chi connectivity index (χ0) is 15.9. The van der Waals surface area contributed by atoms with Crippen LogP contribution in [0.1, 0.15) is 26.7 Å². The molecule has 116 valence electrons. The van der Waals surface area contributed by atoms with Gasteiger partial charge in [-0.25, -0.2) is 0 Å².